The van der Waals surface area contributed by atoms with Gasteiger partial charge >= 0.3 is 6.16 Å². The van der Waals surface area contributed by atoms with Crippen LogP contribution >= 0.6 is 0 Å². The number of aliphatic hydroxyl groups is 2. The van der Waals surface area contributed by atoms with Crippen LogP contribution in [0.4, 0.5) is 4.79 Å². The fourth-order valence-electron chi connectivity index (χ4n) is 12.5. The van der Waals surface area contributed by atoms with Gasteiger partial charge in [-0.25, -0.2) is 4.79 Å². The molecule has 228 valence electrons. The molecule has 6 fully saturated rings. The quantitative estimate of drug-likeness (QED) is 0.370. The van der Waals surface area contributed by atoms with Crippen LogP contribution in [0.1, 0.15) is 113 Å². The average molecular weight is 561 g/mol. The van der Waals surface area contributed by atoms with E-state index in [-0.39, 0.29) is 29.0 Å². The molecule has 6 heteroatoms. The average Bonchev–Trinajstić information content (AvgIpc) is 3.23. The molecule has 11 atom stereocenters. The van der Waals surface area contributed by atoms with E-state index in [1.165, 1.54) is 51.4 Å². The Labute approximate surface area is 242 Å². The summed E-state index contributed by atoms with van der Waals surface area (Å²) >= 11 is 0. The predicted octanol–water partition coefficient (Wildman–Crippen LogP) is 6.75. The van der Waals surface area contributed by atoms with Crippen LogP contribution < -0.4 is 0 Å². The molecule has 0 aromatic heterocycles. The molecule has 0 amide bonds. The van der Waals surface area contributed by atoms with Gasteiger partial charge in [-0.05, 0) is 115 Å². The number of ether oxygens (including phenoxy) is 3. The molecule has 2 bridgehead atoms. The number of rotatable bonds is 4. The molecule has 0 aromatic carbocycles. The highest BCUT2D eigenvalue weighted by Gasteiger charge is 2.73. The second-order valence-electron chi connectivity index (χ2n) is 17.1. The van der Waals surface area contributed by atoms with Gasteiger partial charge in [0.15, 0.2) is 0 Å². The fourth-order valence-corrected chi connectivity index (χ4v) is 12.5. The van der Waals surface area contributed by atoms with E-state index >= 15 is 0 Å². The Balaban J connectivity index is 1.24. The lowest BCUT2D eigenvalue weighted by molar-refractivity contribution is -0.253. The molecule has 0 radical (unpaired) electrons. The zero-order valence-corrected chi connectivity index (χ0v) is 26.3. The molecule has 6 aliphatic rings. The van der Waals surface area contributed by atoms with Gasteiger partial charge in [-0.3, -0.25) is 0 Å². The van der Waals surface area contributed by atoms with Gasteiger partial charge in [0.1, 0.15) is 18.8 Å². The van der Waals surface area contributed by atoms with Gasteiger partial charge < -0.3 is 24.4 Å². The molecule has 1 saturated heterocycles. The van der Waals surface area contributed by atoms with E-state index in [1.54, 1.807) is 0 Å². The second kappa shape index (κ2) is 9.32. The van der Waals surface area contributed by atoms with Gasteiger partial charge in [0.2, 0.25) is 0 Å². The lowest BCUT2D eigenvalue weighted by Crippen LogP contribution is -2.68. The summed E-state index contributed by atoms with van der Waals surface area (Å²) in [6.45, 7) is 17.8. The zero-order valence-electron chi connectivity index (χ0n) is 26.3. The summed E-state index contributed by atoms with van der Waals surface area (Å²) in [4.78, 5) is 12.5. The number of hydrogen-bond donors (Lipinski definition) is 2. The minimum Gasteiger partial charge on any atom is -0.431 e. The summed E-state index contributed by atoms with van der Waals surface area (Å²) in [5, 5.41) is 18.6. The smallest absolute Gasteiger partial charge is 0.431 e. The standard InChI is InChI=1S/C34H56O6/c1-29(2)14-16-34-17-15-32(6)22(26(34)27(29)39-20-34)8-9-24-31(5)12-11-25(40-28(37)38-19-21(36)18-35)30(3,4)23(31)10-13-33(24,32)7/h21-27,35-36H,8-20H2,1-7H3/t21?,22-,23+,24-,25?,26?,27?,31+,32-,33-,34-/m1/s1. The van der Waals surface area contributed by atoms with Crippen molar-refractivity contribution in [1.82, 2.24) is 0 Å². The van der Waals surface area contributed by atoms with Crippen LogP contribution in [0.3, 0.4) is 0 Å². The molecule has 40 heavy (non-hydrogen) atoms. The lowest BCUT2D eigenvalue weighted by Gasteiger charge is -2.73. The largest absolute Gasteiger partial charge is 0.508 e. The summed E-state index contributed by atoms with van der Waals surface area (Å²) < 4.78 is 17.8. The van der Waals surface area contributed by atoms with E-state index < -0.39 is 18.9 Å². The van der Waals surface area contributed by atoms with Crippen molar-refractivity contribution in [3.63, 3.8) is 0 Å². The van der Waals surface area contributed by atoms with Crippen molar-refractivity contribution in [2.45, 2.75) is 131 Å². The van der Waals surface area contributed by atoms with Gasteiger partial charge in [-0.1, -0.05) is 48.5 Å². The highest BCUT2D eigenvalue weighted by atomic mass is 16.7. The summed E-state index contributed by atoms with van der Waals surface area (Å²) in [6, 6.07) is 0. The van der Waals surface area contributed by atoms with Crippen molar-refractivity contribution in [3.05, 3.63) is 0 Å². The van der Waals surface area contributed by atoms with Gasteiger partial charge in [-0.15, -0.1) is 0 Å². The second-order valence-corrected chi connectivity index (χ2v) is 17.1. The van der Waals surface area contributed by atoms with Crippen LogP contribution in [0.5, 0.6) is 0 Å². The molecule has 1 heterocycles. The summed E-state index contributed by atoms with van der Waals surface area (Å²) in [5.41, 5.74) is 1.42. The van der Waals surface area contributed by atoms with Crippen molar-refractivity contribution in [1.29, 1.82) is 0 Å². The fraction of sp³-hybridized carbons (Fsp3) is 0.971. The Morgan fingerprint density at radius 2 is 1.60 bits per heavy atom. The van der Waals surface area contributed by atoms with Crippen molar-refractivity contribution >= 4 is 6.16 Å². The van der Waals surface area contributed by atoms with Crippen LogP contribution in [0.15, 0.2) is 0 Å². The first-order valence-electron chi connectivity index (χ1n) is 16.4. The van der Waals surface area contributed by atoms with E-state index in [2.05, 4.69) is 48.5 Å². The van der Waals surface area contributed by atoms with Gasteiger partial charge in [-0.2, -0.15) is 0 Å². The Kier molecular flexibility index (Phi) is 6.81. The van der Waals surface area contributed by atoms with E-state index in [4.69, 9.17) is 19.3 Å². The highest BCUT2D eigenvalue weighted by Crippen LogP contribution is 2.78. The lowest BCUT2D eigenvalue weighted by atomic mass is 9.31. The maximum atomic E-state index is 12.5. The maximum absolute atomic E-state index is 12.5. The first kappa shape index (κ1) is 29.2. The van der Waals surface area contributed by atoms with Crippen LogP contribution in [0.25, 0.3) is 0 Å². The van der Waals surface area contributed by atoms with Gasteiger partial charge in [0, 0.05) is 5.41 Å². The van der Waals surface area contributed by atoms with Gasteiger partial charge in [0.05, 0.1) is 19.3 Å². The number of carbonyl (C=O) groups is 1. The molecular formula is C34H56O6. The topological polar surface area (TPSA) is 85.2 Å². The molecule has 2 N–H and O–H groups in total. The molecular weight excluding hydrogens is 504 g/mol. The summed E-state index contributed by atoms with van der Waals surface area (Å²) in [6.07, 6.45) is 10.8. The minimum atomic E-state index is -1.07. The normalized spacial score (nSPS) is 50.9. The van der Waals surface area contributed by atoms with Crippen LogP contribution in [0, 0.1) is 56.2 Å². The highest BCUT2D eigenvalue weighted by molar-refractivity contribution is 5.60. The molecule has 5 saturated carbocycles. The summed E-state index contributed by atoms with van der Waals surface area (Å²) in [5.74, 6) is 2.63. The number of aliphatic hydroxyl groups excluding tert-OH is 2. The molecule has 4 unspecified atom stereocenters. The van der Waals surface area contributed by atoms with E-state index in [9.17, 15) is 9.90 Å². The zero-order chi connectivity index (χ0) is 28.9. The van der Waals surface area contributed by atoms with Crippen molar-refractivity contribution in [2.75, 3.05) is 19.8 Å². The van der Waals surface area contributed by atoms with E-state index in [0.29, 0.717) is 40.1 Å². The van der Waals surface area contributed by atoms with Gasteiger partial charge in [0.25, 0.3) is 0 Å². The summed E-state index contributed by atoms with van der Waals surface area (Å²) in [7, 11) is 0. The molecule has 0 spiro atoms. The number of carbonyl (C=O) groups excluding carboxylic acids is 1. The molecule has 5 aliphatic carbocycles. The Morgan fingerprint density at radius 1 is 0.875 bits per heavy atom. The van der Waals surface area contributed by atoms with Crippen LogP contribution in [-0.2, 0) is 14.2 Å². The number of fused-ring (bicyclic) bond motifs is 5. The third-order valence-corrected chi connectivity index (χ3v) is 14.9. The van der Waals surface area contributed by atoms with Crippen molar-refractivity contribution < 1.29 is 29.2 Å². The molecule has 1 aliphatic heterocycles. The monoisotopic (exact) mass is 560 g/mol. The van der Waals surface area contributed by atoms with E-state index in [0.717, 1.165) is 25.4 Å². The number of hydrogen-bond acceptors (Lipinski definition) is 6. The maximum Gasteiger partial charge on any atom is 0.508 e. The van der Waals surface area contributed by atoms with Crippen molar-refractivity contribution in [3.8, 4) is 0 Å². The Bertz CT molecular complexity index is 1010. The van der Waals surface area contributed by atoms with E-state index in [1.807, 2.05) is 0 Å². The first-order valence-corrected chi connectivity index (χ1v) is 16.4. The SMILES string of the molecule is CC1(C)CC[C@]23CC[C@]4(C)[C@H](CC[C@@H]5[C@@]6(C)CCC(OC(=O)OCC(O)CO)C(C)(C)[C@@H]6CC[C@]54C)C2C1OC3. The van der Waals surface area contributed by atoms with Crippen LogP contribution in [-0.4, -0.2) is 54.5 Å². The molecule has 0 aromatic rings. The molecule has 6 rings (SSSR count). The third kappa shape index (κ3) is 3.86. The first-order chi connectivity index (χ1) is 18.6. The van der Waals surface area contributed by atoms with Crippen LogP contribution in [0.2, 0.25) is 0 Å². The third-order valence-electron chi connectivity index (χ3n) is 14.9. The van der Waals surface area contributed by atoms with Crippen molar-refractivity contribution in [2.24, 2.45) is 56.2 Å². The Morgan fingerprint density at radius 3 is 2.33 bits per heavy atom. The minimum absolute atomic E-state index is 0.155. The Hall–Kier alpha value is -0.850. The predicted molar refractivity (Wildman–Crippen MR) is 153 cm³/mol. The molecule has 6 nitrogen and oxygen atoms in total.